The van der Waals surface area contributed by atoms with Gasteiger partial charge in [0.15, 0.2) is 0 Å². The minimum Gasteiger partial charge on any atom is -0.508 e. The number of benzene rings is 2. The summed E-state index contributed by atoms with van der Waals surface area (Å²) in [6, 6.07) is 9.81. The molecule has 0 aliphatic carbocycles. The number of hydrogen-bond donors (Lipinski definition) is 1. The Bertz CT molecular complexity index is 788. The van der Waals surface area contributed by atoms with E-state index in [0.717, 1.165) is 19.2 Å². The number of rotatable bonds is 4. The van der Waals surface area contributed by atoms with Gasteiger partial charge in [-0.15, -0.1) is 0 Å². The molecule has 0 bridgehead atoms. The number of nitriles is 1. The fourth-order valence-electron chi connectivity index (χ4n) is 1.93. The molecule has 1 unspecified atom stereocenters. The Labute approximate surface area is 136 Å². The van der Waals surface area contributed by atoms with Gasteiger partial charge in [-0.3, -0.25) is 0 Å². The number of phenols is 1. The third-order valence-electron chi connectivity index (χ3n) is 3.00. The zero-order valence-corrected chi connectivity index (χ0v) is 12.7. The maximum atomic E-state index is 13.7. The maximum Gasteiger partial charge on any atom is 0.351 e. The topological polar surface area (TPSA) is 79.6 Å². The van der Waals surface area contributed by atoms with Crippen LogP contribution in [0.5, 0.6) is 11.5 Å². The zero-order valence-electron chi connectivity index (χ0n) is 11.9. The van der Waals surface area contributed by atoms with Gasteiger partial charge in [0.1, 0.15) is 28.9 Å². The number of ether oxygens (including phenoxy) is 2. The molecule has 2 aromatic carbocycles. The number of phenolic OH excluding ortho intramolecular Hbond substituents is 1. The first-order valence-corrected chi connectivity index (χ1v) is 6.77. The summed E-state index contributed by atoms with van der Waals surface area (Å²) in [5.74, 6) is -2.49. The van der Waals surface area contributed by atoms with E-state index in [9.17, 15) is 14.3 Å². The van der Waals surface area contributed by atoms with Gasteiger partial charge in [-0.2, -0.15) is 5.26 Å². The second-order valence-corrected chi connectivity index (χ2v) is 4.86. The molecule has 0 aromatic heterocycles. The van der Waals surface area contributed by atoms with Crippen molar-refractivity contribution in [1.82, 2.24) is 0 Å². The smallest absolute Gasteiger partial charge is 0.351 e. The van der Waals surface area contributed by atoms with E-state index < -0.39 is 29.2 Å². The predicted molar refractivity (Wildman–Crippen MR) is 79.6 cm³/mol. The summed E-state index contributed by atoms with van der Waals surface area (Å²) in [6.45, 7) is 0. The lowest BCUT2D eigenvalue weighted by molar-refractivity contribution is -0.149. The first-order valence-electron chi connectivity index (χ1n) is 6.39. The van der Waals surface area contributed by atoms with Crippen LogP contribution >= 0.6 is 11.6 Å². The molecule has 0 saturated heterocycles. The summed E-state index contributed by atoms with van der Waals surface area (Å²) in [5.41, 5.74) is -0.155. The van der Waals surface area contributed by atoms with Crippen LogP contribution in [0.15, 0.2) is 36.4 Å². The second-order valence-electron chi connectivity index (χ2n) is 4.46. The van der Waals surface area contributed by atoms with Crippen molar-refractivity contribution in [2.24, 2.45) is 0 Å². The Balaban J connectivity index is 2.51. The maximum absolute atomic E-state index is 13.7. The van der Waals surface area contributed by atoms with Crippen LogP contribution < -0.4 is 4.74 Å². The van der Waals surface area contributed by atoms with Gasteiger partial charge in [0.25, 0.3) is 0 Å². The summed E-state index contributed by atoms with van der Waals surface area (Å²) < 4.78 is 23.8. The Hall–Kier alpha value is -2.78. The molecule has 0 spiro atoms. The Morgan fingerprint density at radius 2 is 2.09 bits per heavy atom. The van der Waals surface area contributed by atoms with Gasteiger partial charge in [0, 0.05) is 22.7 Å². The SMILES string of the molecule is COC(=O)C(Oc1cc(O)cc(F)c1C#N)c1ccccc1Cl. The summed E-state index contributed by atoms with van der Waals surface area (Å²) in [7, 11) is 1.16. The van der Waals surface area contributed by atoms with Crippen molar-refractivity contribution in [2.75, 3.05) is 7.11 Å². The van der Waals surface area contributed by atoms with Crippen LogP contribution in [-0.2, 0) is 9.53 Å². The largest absolute Gasteiger partial charge is 0.508 e. The molecule has 0 saturated carbocycles. The normalized spacial score (nSPS) is 11.4. The molecule has 0 amide bonds. The summed E-state index contributed by atoms with van der Waals surface area (Å²) >= 11 is 6.05. The molecule has 0 heterocycles. The molecule has 0 fully saturated rings. The van der Waals surface area contributed by atoms with E-state index in [1.807, 2.05) is 0 Å². The van der Waals surface area contributed by atoms with Crippen LogP contribution in [0.25, 0.3) is 0 Å². The zero-order chi connectivity index (χ0) is 17.0. The van der Waals surface area contributed by atoms with Crippen LogP contribution in [0.3, 0.4) is 0 Å². The highest BCUT2D eigenvalue weighted by molar-refractivity contribution is 6.31. The predicted octanol–water partition coefficient (Wildman–Crippen LogP) is 3.35. The number of methoxy groups -OCH3 is 1. The Morgan fingerprint density at radius 1 is 1.39 bits per heavy atom. The second kappa shape index (κ2) is 6.99. The highest BCUT2D eigenvalue weighted by Gasteiger charge is 2.27. The van der Waals surface area contributed by atoms with Gasteiger partial charge in [-0.25, -0.2) is 9.18 Å². The summed E-state index contributed by atoms with van der Waals surface area (Å²) in [5, 5.41) is 18.7. The molecule has 2 aromatic rings. The first-order chi connectivity index (χ1) is 11.0. The fourth-order valence-corrected chi connectivity index (χ4v) is 2.16. The van der Waals surface area contributed by atoms with E-state index in [1.54, 1.807) is 24.3 Å². The van der Waals surface area contributed by atoms with E-state index >= 15 is 0 Å². The molecule has 0 aliphatic rings. The van der Waals surface area contributed by atoms with Crippen LogP contribution in [-0.4, -0.2) is 18.2 Å². The molecular formula is C16H11ClFNO4. The van der Waals surface area contributed by atoms with Crippen molar-refractivity contribution in [2.45, 2.75) is 6.10 Å². The number of carbonyl (C=O) groups excluding carboxylic acids is 1. The van der Waals surface area contributed by atoms with Gasteiger partial charge in [-0.1, -0.05) is 29.8 Å². The highest BCUT2D eigenvalue weighted by Crippen LogP contribution is 2.33. The van der Waals surface area contributed by atoms with Gasteiger partial charge in [-0.05, 0) is 6.07 Å². The van der Waals surface area contributed by atoms with E-state index in [-0.39, 0.29) is 16.3 Å². The fraction of sp³-hybridized carbons (Fsp3) is 0.125. The van der Waals surface area contributed by atoms with Gasteiger partial charge >= 0.3 is 5.97 Å². The van der Waals surface area contributed by atoms with Crippen molar-refractivity contribution < 1.29 is 23.8 Å². The molecule has 0 aliphatic heterocycles. The standard InChI is InChI=1S/C16H11ClFNO4/c1-22-16(21)15(10-4-2-3-5-12(10)17)23-14-7-9(20)6-13(18)11(14)8-19/h2-7,15,20H,1H3. The Morgan fingerprint density at radius 3 is 2.70 bits per heavy atom. The quantitative estimate of drug-likeness (QED) is 0.867. The molecule has 0 radical (unpaired) electrons. The molecule has 7 heteroatoms. The van der Waals surface area contributed by atoms with E-state index in [4.69, 9.17) is 21.6 Å². The van der Waals surface area contributed by atoms with Crippen LogP contribution in [0, 0.1) is 17.1 Å². The number of halogens is 2. The Kier molecular flexibility index (Phi) is 5.04. The minimum absolute atomic E-state index is 0.238. The van der Waals surface area contributed by atoms with Crippen molar-refractivity contribution >= 4 is 17.6 Å². The van der Waals surface area contributed by atoms with Crippen molar-refractivity contribution in [3.05, 3.63) is 58.4 Å². The summed E-state index contributed by atoms with van der Waals surface area (Å²) in [4.78, 5) is 12.0. The highest BCUT2D eigenvalue weighted by atomic mass is 35.5. The van der Waals surface area contributed by atoms with Crippen LogP contribution in [0.2, 0.25) is 5.02 Å². The number of aromatic hydroxyl groups is 1. The molecule has 118 valence electrons. The number of carbonyl (C=O) groups is 1. The number of hydrogen-bond acceptors (Lipinski definition) is 5. The van der Waals surface area contributed by atoms with E-state index in [2.05, 4.69) is 4.74 Å². The van der Waals surface area contributed by atoms with Crippen LogP contribution in [0.4, 0.5) is 4.39 Å². The van der Waals surface area contributed by atoms with Crippen LogP contribution in [0.1, 0.15) is 17.2 Å². The average molecular weight is 336 g/mol. The third-order valence-corrected chi connectivity index (χ3v) is 3.34. The minimum atomic E-state index is -1.32. The molecule has 23 heavy (non-hydrogen) atoms. The number of nitrogens with zero attached hydrogens (tertiary/aromatic N) is 1. The van der Waals surface area contributed by atoms with Crippen molar-refractivity contribution in [3.63, 3.8) is 0 Å². The first kappa shape index (κ1) is 16.6. The lowest BCUT2D eigenvalue weighted by Crippen LogP contribution is -2.21. The molecule has 2 rings (SSSR count). The van der Waals surface area contributed by atoms with Gasteiger partial charge < -0.3 is 14.6 Å². The monoisotopic (exact) mass is 335 g/mol. The molecule has 1 atom stereocenters. The third kappa shape index (κ3) is 3.52. The molecular weight excluding hydrogens is 325 g/mol. The van der Waals surface area contributed by atoms with E-state index in [1.165, 1.54) is 6.07 Å². The molecule has 5 nitrogen and oxygen atoms in total. The van der Waals surface area contributed by atoms with Gasteiger partial charge in [0.2, 0.25) is 6.10 Å². The lowest BCUT2D eigenvalue weighted by atomic mass is 10.1. The summed E-state index contributed by atoms with van der Waals surface area (Å²) in [6.07, 6.45) is -1.32. The van der Waals surface area contributed by atoms with Crippen molar-refractivity contribution in [3.8, 4) is 17.6 Å². The lowest BCUT2D eigenvalue weighted by Gasteiger charge is -2.19. The number of esters is 1. The van der Waals surface area contributed by atoms with E-state index in [0.29, 0.717) is 0 Å². The van der Waals surface area contributed by atoms with Gasteiger partial charge in [0.05, 0.1) is 7.11 Å². The average Bonchev–Trinajstić information content (AvgIpc) is 2.52. The van der Waals surface area contributed by atoms with Crippen molar-refractivity contribution in [1.29, 1.82) is 5.26 Å². The molecule has 1 N–H and O–H groups in total.